The molecule has 9 nitrogen and oxygen atoms in total. The SMILES string of the molecule is CC(=O)N[C@H](CNC(=O)OCc1ccccc1)[C@@H](O)[C@H](O)C(=O)CO. The molecule has 25 heavy (non-hydrogen) atoms. The van der Waals surface area contributed by atoms with Crippen LogP contribution < -0.4 is 10.6 Å². The van der Waals surface area contributed by atoms with Crippen molar-refractivity contribution in [3.05, 3.63) is 35.9 Å². The van der Waals surface area contributed by atoms with Crippen LogP contribution in [-0.4, -0.2) is 64.5 Å². The number of carbonyl (C=O) groups is 3. The fourth-order valence-electron chi connectivity index (χ4n) is 1.99. The molecule has 3 atom stereocenters. The molecule has 0 saturated heterocycles. The van der Waals surface area contributed by atoms with E-state index in [0.717, 1.165) is 5.56 Å². The van der Waals surface area contributed by atoms with Gasteiger partial charge in [0.15, 0.2) is 5.78 Å². The molecule has 1 rings (SSSR count). The molecule has 0 fully saturated rings. The second-order valence-corrected chi connectivity index (χ2v) is 5.31. The van der Waals surface area contributed by atoms with Gasteiger partial charge < -0.3 is 30.7 Å². The highest BCUT2D eigenvalue weighted by Crippen LogP contribution is 2.03. The molecule has 1 aromatic rings. The summed E-state index contributed by atoms with van der Waals surface area (Å²) in [6.07, 6.45) is -4.41. The number of aliphatic hydroxyl groups is 3. The highest BCUT2D eigenvalue weighted by atomic mass is 16.5. The van der Waals surface area contributed by atoms with E-state index < -0.39 is 42.6 Å². The van der Waals surface area contributed by atoms with Gasteiger partial charge in [-0.25, -0.2) is 4.79 Å². The predicted molar refractivity (Wildman–Crippen MR) is 86.3 cm³/mol. The molecule has 0 bridgehead atoms. The van der Waals surface area contributed by atoms with Crippen molar-refractivity contribution in [2.45, 2.75) is 31.8 Å². The number of benzene rings is 1. The Morgan fingerprint density at radius 1 is 1.16 bits per heavy atom. The molecule has 0 spiro atoms. The van der Waals surface area contributed by atoms with Gasteiger partial charge >= 0.3 is 6.09 Å². The summed E-state index contributed by atoms with van der Waals surface area (Å²) in [4.78, 5) is 34.1. The molecule has 0 radical (unpaired) electrons. The number of hydrogen-bond acceptors (Lipinski definition) is 7. The van der Waals surface area contributed by atoms with E-state index in [0.29, 0.717) is 0 Å². The minimum absolute atomic E-state index is 0.0334. The Morgan fingerprint density at radius 2 is 1.80 bits per heavy atom. The Balaban J connectivity index is 2.55. The van der Waals surface area contributed by atoms with E-state index in [9.17, 15) is 24.6 Å². The summed E-state index contributed by atoms with van der Waals surface area (Å²) < 4.78 is 4.98. The smallest absolute Gasteiger partial charge is 0.407 e. The van der Waals surface area contributed by atoms with Gasteiger partial charge in [0.2, 0.25) is 5.91 Å². The van der Waals surface area contributed by atoms with Crippen LogP contribution in [0, 0.1) is 0 Å². The number of aliphatic hydroxyl groups excluding tert-OH is 3. The molecule has 2 amide bonds. The number of ketones is 1. The number of ether oxygens (including phenoxy) is 1. The predicted octanol–water partition coefficient (Wildman–Crippen LogP) is -1.30. The lowest BCUT2D eigenvalue weighted by atomic mass is 10.0. The second kappa shape index (κ2) is 10.4. The molecule has 0 aliphatic heterocycles. The lowest BCUT2D eigenvalue weighted by Crippen LogP contribution is -2.55. The molecule has 138 valence electrons. The fourth-order valence-corrected chi connectivity index (χ4v) is 1.99. The zero-order valence-corrected chi connectivity index (χ0v) is 13.7. The Labute approximate surface area is 144 Å². The third kappa shape index (κ3) is 7.29. The zero-order chi connectivity index (χ0) is 18.8. The molecule has 0 aromatic heterocycles. The quantitative estimate of drug-likeness (QED) is 0.370. The summed E-state index contributed by atoms with van der Waals surface area (Å²) in [6.45, 7) is -0.0406. The first kappa shape index (κ1) is 20.6. The Kier molecular flexibility index (Phi) is 8.54. The van der Waals surface area contributed by atoms with E-state index in [1.165, 1.54) is 6.92 Å². The highest BCUT2D eigenvalue weighted by Gasteiger charge is 2.31. The summed E-state index contributed by atoms with van der Waals surface area (Å²) >= 11 is 0. The molecule has 5 N–H and O–H groups in total. The number of alkyl carbamates (subject to hydrolysis) is 1. The van der Waals surface area contributed by atoms with E-state index >= 15 is 0 Å². The van der Waals surface area contributed by atoms with Gasteiger partial charge in [-0.1, -0.05) is 30.3 Å². The van der Waals surface area contributed by atoms with E-state index in [4.69, 9.17) is 9.84 Å². The molecule has 0 heterocycles. The molecule has 0 aliphatic carbocycles. The number of rotatable bonds is 9. The van der Waals surface area contributed by atoms with Crippen LogP contribution in [0.2, 0.25) is 0 Å². The molecule has 0 unspecified atom stereocenters. The van der Waals surface area contributed by atoms with Crippen LogP contribution in [-0.2, 0) is 20.9 Å². The lowest BCUT2D eigenvalue weighted by molar-refractivity contribution is -0.138. The molecular weight excluding hydrogens is 332 g/mol. The van der Waals surface area contributed by atoms with Crippen LogP contribution in [0.1, 0.15) is 12.5 Å². The van der Waals surface area contributed by atoms with Crippen molar-refractivity contribution in [2.24, 2.45) is 0 Å². The standard InChI is InChI=1S/C16H22N2O7/c1-10(20)18-12(14(22)15(23)13(21)8-19)7-17-16(24)25-9-11-5-3-2-4-6-11/h2-6,12,14-15,19,22-23H,7-9H2,1H3,(H,17,24)(H,18,20)/t12-,14-,15-/m1/s1. The number of amides is 2. The topological polar surface area (TPSA) is 145 Å². The van der Waals surface area contributed by atoms with Crippen molar-refractivity contribution < 1.29 is 34.4 Å². The average Bonchev–Trinajstić information content (AvgIpc) is 2.62. The van der Waals surface area contributed by atoms with E-state index in [2.05, 4.69) is 10.6 Å². The number of hydrogen-bond donors (Lipinski definition) is 5. The largest absolute Gasteiger partial charge is 0.445 e. The van der Waals surface area contributed by atoms with Crippen LogP contribution in [0.15, 0.2) is 30.3 Å². The summed E-state index contributed by atoms with van der Waals surface area (Å²) in [5.74, 6) is -1.54. The van der Waals surface area contributed by atoms with Gasteiger partial charge in [0.05, 0.1) is 6.04 Å². The molecule has 0 aliphatic rings. The summed E-state index contributed by atoms with van der Waals surface area (Å²) in [6, 6.07) is 7.80. The normalized spacial score (nSPS) is 14.1. The number of carbonyl (C=O) groups excluding carboxylic acids is 3. The molecule has 0 saturated carbocycles. The second-order valence-electron chi connectivity index (χ2n) is 5.31. The van der Waals surface area contributed by atoms with Crippen molar-refractivity contribution >= 4 is 17.8 Å². The lowest BCUT2D eigenvalue weighted by Gasteiger charge is -2.26. The van der Waals surface area contributed by atoms with Crippen molar-refractivity contribution in [1.82, 2.24) is 10.6 Å². The van der Waals surface area contributed by atoms with Crippen LogP contribution in [0.25, 0.3) is 0 Å². The van der Waals surface area contributed by atoms with Gasteiger partial charge in [-0.2, -0.15) is 0 Å². The fraction of sp³-hybridized carbons (Fsp3) is 0.438. The van der Waals surface area contributed by atoms with Gasteiger partial charge in [-0.3, -0.25) is 9.59 Å². The van der Waals surface area contributed by atoms with Crippen LogP contribution >= 0.6 is 0 Å². The highest BCUT2D eigenvalue weighted by molar-refractivity contribution is 5.84. The van der Waals surface area contributed by atoms with Crippen molar-refractivity contribution in [1.29, 1.82) is 0 Å². The Bertz CT molecular complexity index is 579. The van der Waals surface area contributed by atoms with Crippen LogP contribution in [0.3, 0.4) is 0 Å². The maximum Gasteiger partial charge on any atom is 0.407 e. The average molecular weight is 354 g/mol. The molecule has 9 heteroatoms. The first-order chi connectivity index (χ1) is 11.8. The maximum absolute atomic E-state index is 11.7. The van der Waals surface area contributed by atoms with Gasteiger partial charge in [-0.15, -0.1) is 0 Å². The van der Waals surface area contributed by atoms with Gasteiger partial charge in [-0.05, 0) is 5.56 Å². The summed E-state index contributed by atoms with van der Waals surface area (Å²) in [5.41, 5.74) is 0.778. The monoisotopic (exact) mass is 354 g/mol. The third-order valence-corrected chi connectivity index (χ3v) is 3.29. The number of Topliss-reactive ketones (excluding diaryl/α,β-unsaturated/α-hetero) is 1. The minimum Gasteiger partial charge on any atom is -0.445 e. The summed E-state index contributed by atoms with van der Waals surface area (Å²) in [7, 11) is 0. The van der Waals surface area contributed by atoms with E-state index in [1.54, 1.807) is 24.3 Å². The van der Waals surface area contributed by atoms with Crippen molar-refractivity contribution in [3.63, 3.8) is 0 Å². The van der Waals surface area contributed by atoms with Crippen LogP contribution in [0.4, 0.5) is 4.79 Å². The molecular formula is C16H22N2O7. The summed E-state index contributed by atoms with van der Waals surface area (Å²) in [5, 5.41) is 33.0. The van der Waals surface area contributed by atoms with E-state index in [-0.39, 0.29) is 13.2 Å². The zero-order valence-electron chi connectivity index (χ0n) is 13.7. The van der Waals surface area contributed by atoms with Gasteiger partial charge in [0.1, 0.15) is 25.4 Å². The van der Waals surface area contributed by atoms with Crippen molar-refractivity contribution in [3.8, 4) is 0 Å². The van der Waals surface area contributed by atoms with Gasteiger partial charge in [0.25, 0.3) is 0 Å². The minimum atomic E-state index is -1.90. The van der Waals surface area contributed by atoms with Gasteiger partial charge in [0, 0.05) is 13.5 Å². The first-order valence-corrected chi connectivity index (χ1v) is 7.56. The van der Waals surface area contributed by atoms with Crippen LogP contribution in [0.5, 0.6) is 0 Å². The van der Waals surface area contributed by atoms with E-state index in [1.807, 2.05) is 6.07 Å². The molecule has 1 aromatic carbocycles. The maximum atomic E-state index is 11.7. The number of nitrogens with one attached hydrogen (secondary N) is 2. The Morgan fingerprint density at radius 3 is 2.36 bits per heavy atom. The first-order valence-electron chi connectivity index (χ1n) is 7.56. The third-order valence-electron chi connectivity index (χ3n) is 3.29. The Hall–Kier alpha value is -2.49. The van der Waals surface area contributed by atoms with Crippen molar-refractivity contribution in [2.75, 3.05) is 13.2 Å².